The predicted octanol–water partition coefficient (Wildman–Crippen LogP) is 2.61. The fraction of sp³-hybridized carbons (Fsp3) is 0.222. The van der Waals surface area contributed by atoms with E-state index < -0.39 is 0 Å². The number of nitrogens with zero attached hydrogens (tertiary/aromatic N) is 1. The van der Waals surface area contributed by atoms with E-state index in [1.54, 1.807) is 12.4 Å². The molecule has 1 heterocycles. The van der Waals surface area contributed by atoms with Gasteiger partial charge in [0.1, 0.15) is 0 Å². The molecule has 0 N–H and O–H groups in total. The maximum absolute atomic E-state index is 3.99. The fourth-order valence-corrected chi connectivity index (χ4v) is 1.04. The van der Waals surface area contributed by atoms with E-state index in [2.05, 4.69) is 32.8 Å². The number of aromatic nitrogens is 1. The number of rotatable bonds is 0. The van der Waals surface area contributed by atoms with Gasteiger partial charge < -0.3 is 0 Å². The summed E-state index contributed by atoms with van der Waals surface area (Å²) in [4.78, 5) is 3.99. The predicted molar refractivity (Wildman–Crippen MR) is 49.1 cm³/mol. The summed E-state index contributed by atoms with van der Waals surface area (Å²) >= 11 is 3.32. The molecule has 0 aliphatic rings. The lowest BCUT2D eigenvalue weighted by molar-refractivity contribution is 1.27. The second-order valence-corrected chi connectivity index (χ2v) is 2.96. The van der Waals surface area contributed by atoms with Crippen LogP contribution in [-0.4, -0.2) is 4.98 Å². The van der Waals surface area contributed by atoms with E-state index in [1.807, 2.05) is 13.0 Å². The number of pyridine rings is 1. The van der Waals surface area contributed by atoms with Crippen LogP contribution in [-0.2, 0) is 0 Å². The molecule has 0 saturated heterocycles. The lowest BCUT2D eigenvalue weighted by Crippen LogP contribution is -1.76. The highest BCUT2D eigenvalue weighted by molar-refractivity contribution is 9.10. The van der Waals surface area contributed by atoms with Crippen molar-refractivity contribution in [3.05, 3.63) is 28.5 Å². The molecule has 1 aromatic rings. The standard InChI is InChI=1S/C9H8BrN/c1-2-3-4-8-5-9(10)7-11-6-8/h5-7H,2H2,1H3. The highest BCUT2D eigenvalue weighted by Gasteiger charge is 1.87. The zero-order valence-electron chi connectivity index (χ0n) is 6.26. The van der Waals surface area contributed by atoms with Crippen LogP contribution in [0.5, 0.6) is 0 Å². The van der Waals surface area contributed by atoms with Crippen molar-refractivity contribution < 1.29 is 0 Å². The Morgan fingerprint density at radius 2 is 2.36 bits per heavy atom. The van der Waals surface area contributed by atoms with Gasteiger partial charge in [0.2, 0.25) is 0 Å². The average Bonchev–Trinajstić information content (AvgIpc) is 2.01. The Labute approximate surface area is 75.0 Å². The van der Waals surface area contributed by atoms with Gasteiger partial charge in [-0.05, 0) is 22.0 Å². The Morgan fingerprint density at radius 3 is 3.00 bits per heavy atom. The van der Waals surface area contributed by atoms with Gasteiger partial charge in [-0.1, -0.05) is 18.8 Å². The van der Waals surface area contributed by atoms with E-state index in [9.17, 15) is 0 Å². The first kappa shape index (κ1) is 8.29. The molecule has 1 rings (SSSR count). The molecule has 1 nitrogen and oxygen atoms in total. The monoisotopic (exact) mass is 209 g/mol. The average molecular weight is 210 g/mol. The topological polar surface area (TPSA) is 12.9 Å². The van der Waals surface area contributed by atoms with Crippen molar-refractivity contribution in [2.24, 2.45) is 0 Å². The third-order valence-electron chi connectivity index (χ3n) is 1.11. The zero-order valence-corrected chi connectivity index (χ0v) is 7.85. The first-order valence-corrected chi connectivity index (χ1v) is 4.21. The van der Waals surface area contributed by atoms with Crippen LogP contribution in [0, 0.1) is 11.8 Å². The maximum Gasteiger partial charge on any atom is 0.0439 e. The van der Waals surface area contributed by atoms with E-state index in [1.165, 1.54) is 0 Å². The van der Waals surface area contributed by atoms with Crippen LogP contribution in [0.4, 0.5) is 0 Å². The molecule has 0 spiro atoms. The van der Waals surface area contributed by atoms with Crippen molar-refractivity contribution in [3.63, 3.8) is 0 Å². The molecule has 1 aromatic heterocycles. The quantitative estimate of drug-likeness (QED) is 0.599. The van der Waals surface area contributed by atoms with Crippen molar-refractivity contribution in [2.45, 2.75) is 13.3 Å². The summed E-state index contributed by atoms with van der Waals surface area (Å²) in [5, 5.41) is 0. The van der Waals surface area contributed by atoms with Crippen molar-refractivity contribution in [2.75, 3.05) is 0 Å². The summed E-state index contributed by atoms with van der Waals surface area (Å²) in [6, 6.07) is 1.95. The molecular formula is C9H8BrN. The molecule has 0 unspecified atom stereocenters. The van der Waals surface area contributed by atoms with E-state index >= 15 is 0 Å². The van der Waals surface area contributed by atoms with Crippen molar-refractivity contribution >= 4 is 15.9 Å². The highest BCUT2D eigenvalue weighted by atomic mass is 79.9. The molecule has 11 heavy (non-hydrogen) atoms. The largest absolute Gasteiger partial charge is 0.262 e. The second-order valence-electron chi connectivity index (χ2n) is 2.05. The van der Waals surface area contributed by atoms with E-state index in [0.29, 0.717) is 0 Å². The SMILES string of the molecule is CCC#Cc1cncc(Br)c1. The van der Waals surface area contributed by atoms with Crippen LogP contribution in [0.1, 0.15) is 18.9 Å². The Balaban J connectivity index is 2.87. The van der Waals surface area contributed by atoms with Crippen molar-refractivity contribution in [3.8, 4) is 11.8 Å². The summed E-state index contributed by atoms with van der Waals surface area (Å²) in [5.74, 6) is 5.97. The highest BCUT2D eigenvalue weighted by Crippen LogP contribution is 2.08. The van der Waals surface area contributed by atoms with Crippen LogP contribution in [0.25, 0.3) is 0 Å². The second kappa shape index (κ2) is 4.15. The molecule has 0 bridgehead atoms. The van der Waals surface area contributed by atoms with E-state index in [4.69, 9.17) is 0 Å². The molecule has 0 saturated carbocycles. The minimum absolute atomic E-state index is 0.881. The van der Waals surface area contributed by atoms with Crippen LogP contribution in [0.15, 0.2) is 22.9 Å². The molecule has 0 aliphatic carbocycles. The first-order valence-electron chi connectivity index (χ1n) is 3.42. The molecule has 0 aromatic carbocycles. The smallest absolute Gasteiger partial charge is 0.0439 e. The fourth-order valence-electron chi connectivity index (χ4n) is 0.671. The Bertz CT molecular complexity index is 296. The number of hydrogen-bond acceptors (Lipinski definition) is 1. The van der Waals surface area contributed by atoms with Crippen LogP contribution in [0.3, 0.4) is 0 Å². The Morgan fingerprint density at radius 1 is 1.55 bits per heavy atom. The van der Waals surface area contributed by atoms with Crippen LogP contribution >= 0.6 is 15.9 Å². The molecule has 2 heteroatoms. The first-order chi connectivity index (χ1) is 5.33. The third-order valence-corrected chi connectivity index (χ3v) is 1.55. The van der Waals surface area contributed by atoms with Gasteiger partial charge in [-0.2, -0.15) is 0 Å². The van der Waals surface area contributed by atoms with Crippen molar-refractivity contribution in [1.82, 2.24) is 4.98 Å². The summed E-state index contributed by atoms with van der Waals surface area (Å²) in [7, 11) is 0. The van der Waals surface area contributed by atoms with Crippen LogP contribution < -0.4 is 0 Å². The molecule has 0 radical (unpaired) electrons. The molecule has 0 aliphatic heterocycles. The van der Waals surface area contributed by atoms with E-state index in [-0.39, 0.29) is 0 Å². The normalized spacial score (nSPS) is 8.55. The summed E-state index contributed by atoms with van der Waals surface area (Å²) < 4.78 is 0.973. The number of hydrogen-bond donors (Lipinski definition) is 0. The van der Waals surface area contributed by atoms with Crippen LogP contribution in [0.2, 0.25) is 0 Å². The lowest BCUT2D eigenvalue weighted by Gasteiger charge is -1.89. The third kappa shape index (κ3) is 2.73. The molecular weight excluding hydrogens is 202 g/mol. The summed E-state index contributed by atoms with van der Waals surface area (Å²) in [6.45, 7) is 2.03. The summed E-state index contributed by atoms with van der Waals surface area (Å²) in [5.41, 5.74) is 0.959. The minimum atomic E-state index is 0.881. The van der Waals surface area contributed by atoms with Gasteiger partial charge in [0, 0.05) is 28.9 Å². The molecule has 0 atom stereocenters. The Kier molecular flexibility index (Phi) is 3.13. The molecule has 56 valence electrons. The summed E-state index contributed by atoms with van der Waals surface area (Å²) in [6.07, 6.45) is 4.39. The maximum atomic E-state index is 3.99. The van der Waals surface area contributed by atoms with Gasteiger partial charge in [0.15, 0.2) is 0 Å². The van der Waals surface area contributed by atoms with Gasteiger partial charge >= 0.3 is 0 Å². The molecule has 0 amide bonds. The lowest BCUT2D eigenvalue weighted by atomic mass is 10.3. The zero-order chi connectivity index (χ0) is 8.10. The van der Waals surface area contributed by atoms with Gasteiger partial charge in [-0.15, -0.1) is 0 Å². The Hall–Kier alpha value is -0.810. The number of halogens is 1. The minimum Gasteiger partial charge on any atom is -0.262 e. The van der Waals surface area contributed by atoms with Gasteiger partial charge in [0.05, 0.1) is 0 Å². The van der Waals surface area contributed by atoms with E-state index in [0.717, 1.165) is 16.5 Å². The van der Waals surface area contributed by atoms with Gasteiger partial charge in [-0.25, -0.2) is 0 Å². The van der Waals surface area contributed by atoms with Crippen molar-refractivity contribution in [1.29, 1.82) is 0 Å². The molecule has 0 fully saturated rings. The van der Waals surface area contributed by atoms with Gasteiger partial charge in [-0.3, -0.25) is 4.98 Å². The van der Waals surface area contributed by atoms with Gasteiger partial charge in [0.25, 0.3) is 0 Å².